The van der Waals surface area contributed by atoms with Crippen molar-refractivity contribution in [2.24, 2.45) is 0 Å². The molecule has 0 radical (unpaired) electrons. The average Bonchev–Trinajstić information content (AvgIpc) is 3.17. The second-order valence-corrected chi connectivity index (χ2v) is 7.38. The molecule has 1 aliphatic rings. The standard InChI is InChI=1S/C20H25N5O3/c26-16-7-5-15(6-8-16)25-19(22-23-24-25)3-1-2-12-28-17-9-10-18-14(13-17)4-11-20(27)21-18/h4,9-11,13,15-16,26H,1-3,5-8,12H2,(H,21,27). The molecule has 0 aliphatic heterocycles. The third-order valence-electron chi connectivity index (χ3n) is 5.33. The lowest BCUT2D eigenvalue weighted by atomic mass is 9.93. The van der Waals surface area contributed by atoms with Gasteiger partial charge in [0.15, 0.2) is 5.82 Å². The van der Waals surface area contributed by atoms with Crippen LogP contribution in [0.15, 0.2) is 35.1 Å². The molecule has 28 heavy (non-hydrogen) atoms. The molecular formula is C20H25N5O3. The SMILES string of the molecule is O=c1ccc2cc(OCCCCc3nnnn3C3CCC(O)CC3)ccc2[nH]1. The van der Waals surface area contributed by atoms with E-state index in [4.69, 9.17) is 4.74 Å². The van der Waals surface area contributed by atoms with Crippen molar-refractivity contribution in [1.29, 1.82) is 0 Å². The summed E-state index contributed by atoms with van der Waals surface area (Å²) in [6.45, 7) is 0.617. The number of nitrogens with one attached hydrogen (secondary N) is 1. The average molecular weight is 383 g/mol. The first-order chi connectivity index (χ1) is 13.7. The molecule has 1 fully saturated rings. The Kier molecular flexibility index (Phi) is 5.66. The first kappa shape index (κ1) is 18.6. The highest BCUT2D eigenvalue weighted by molar-refractivity contribution is 5.79. The molecule has 0 bridgehead atoms. The molecule has 8 heteroatoms. The van der Waals surface area contributed by atoms with Crippen LogP contribution in [0.1, 0.15) is 50.4 Å². The Labute approximate surface area is 162 Å². The van der Waals surface area contributed by atoms with E-state index < -0.39 is 0 Å². The smallest absolute Gasteiger partial charge is 0.248 e. The van der Waals surface area contributed by atoms with Crippen molar-refractivity contribution >= 4 is 10.9 Å². The van der Waals surface area contributed by atoms with E-state index in [1.807, 2.05) is 22.9 Å². The van der Waals surface area contributed by atoms with Gasteiger partial charge in [-0.3, -0.25) is 4.79 Å². The summed E-state index contributed by atoms with van der Waals surface area (Å²) in [6, 6.07) is 9.28. The van der Waals surface area contributed by atoms with Crippen molar-refractivity contribution < 1.29 is 9.84 Å². The number of hydrogen-bond acceptors (Lipinski definition) is 6. The molecule has 0 spiro atoms. The van der Waals surface area contributed by atoms with Crippen molar-refractivity contribution in [3.05, 3.63) is 46.5 Å². The number of aryl methyl sites for hydroxylation is 1. The summed E-state index contributed by atoms with van der Waals surface area (Å²) >= 11 is 0. The fourth-order valence-electron chi connectivity index (χ4n) is 3.76. The number of aliphatic hydroxyl groups is 1. The first-order valence-electron chi connectivity index (χ1n) is 9.90. The Morgan fingerprint density at radius 3 is 2.86 bits per heavy atom. The van der Waals surface area contributed by atoms with Gasteiger partial charge in [0.1, 0.15) is 5.75 Å². The van der Waals surface area contributed by atoms with Gasteiger partial charge in [-0.2, -0.15) is 0 Å². The molecule has 3 aromatic rings. The van der Waals surface area contributed by atoms with Crippen LogP contribution in [0.25, 0.3) is 10.9 Å². The van der Waals surface area contributed by atoms with Gasteiger partial charge in [-0.1, -0.05) is 0 Å². The van der Waals surface area contributed by atoms with Crippen LogP contribution in [-0.2, 0) is 6.42 Å². The number of tetrazole rings is 1. The van der Waals surface area contributed by atoms with Crippen molar-refractivity contribution in [3.8, 4) is 5.75 Å². The zero-order valence-electron chi connectivity index (χ0n) is 15.8. The fraction of sp³-hybridized carbons (Fsp3) is 0.500. The van der Waals surface area contributed by atoms with Gasteiger partial charge >= 0.3 is 0 Å². The third kappa shape index (κ3) is 4.39. The highest BCUT2D eigenvalue weighted by Gasteiger charge is 2.23. The molecule has 8 nitrogen and oxygen atoms in total. The second kappa shape index (κ2) is 8.52. The van der Waals surface area contributed by atoms with Crippen LogP contribution in [-0.4, -0.2) is 43.0 Å². The van der Waals surface area contributed by atoms with E-state index in [-0.39, 0.29) is 11.7 Å². The van der Waals surface area contributed by atoms with Crippen molar-refractivity contribution in [1.82, 2.24) is 25.2 Å². The minimum Gasteiger partial charge on any atom is -0.494 e. The predicted octanol–water partition coefficient (Wildman–Crippen LogP) is 2.39. The van der Waals surface area contributed by atoms with E-state index in [0.717, 1.165) is 67.4 Å². The van der Waals surface area contributed by atoms with Gasteiger partial charge in [-0.05, 0) is 73.2 Å². The fourth-order valence-corrected chi connectivity index (χ4v) is 3.76. The number of pyridine rings is 1. The predicted molar refractivity (Wildman–Crippen MR) is 104 cm³/mol. The van der Waals surface area contributed by atoms with Crippen molar-refractivity contribution in [2.75, 3.05) is 6.61 Å². The lowest BCUT2D eigenvalue weighted by Crippen LogP contribution is -2.23. The maximum absolute atomic E-state index is 11.3. The van der Waals surface area contributed by atoms with Gasteiger partial charge in [0.05, 0.1) is 18.8 Å². The zero-order chi connectivity index (χ0) is 19.3. The maximum atomic E-state index is 11.3. The van der Waals surface area contributed by atoms with E-state index in [1.165, 1.54) is 6.07 Å². The Morgan fingerprint density at radius 2 is 2.00 bits per heavy atom. The van der Waals surface area contributed by atoms with Crippen LogP contribution in [0.4, 0.5) is 0 Å². The monoisotopic (exact) mass is 383 g/mol. The van der Waals surface area contributed by atoms with Gasteiger partial charge in [-0.15, -0.1) is 5.10 Å². The molecule has 0 saturated heterocycles. The summed E-state index contributed by atoms with van der Waals surface area (Å²) < 4.78 is 7.79. The van der Waals surface area contributed by atoms with Gasteiger partial charge in [-0.25, -0.2) is 4.68 Å². The Bertz CT molecular complexity index is 975. The zero-order valence-corrected chi connectivity index (χ0v) is 15.8. The highest BCUT2D eigenvalue weighted by Crippen LogP contribution is 2.28. The number of unbranched alkanes of at least 4 members (excludes halogenated alkanes) is 1. The van der Waals surface area contributed by atoms with Crippen molar-refractivity contribution in [2.45, 2.75) is 57.1 Å². The number of H-pyrrole nitrogens is 1. The molecular weight excluding hydrogens is 358 g/mol. The molecule has 2 heterocycles. The molecule has 0 unspecified atom stereocenters. The molecule has 148 valence electrons. The van der Waals surface area contributed by atoms with Crippen LogP contribution >= 0.6 is 0 Å². The van der Waals surface area contributed by atoms with E-state index >= 15 is 0 Å². The van der Waals surface area contributed by atoms with Gasteiger partial charge < -0.3 is 14.8 Å². The van der Waals surface area contributed by atoms with Gasteiger partial charge in [0, 0.05) is 23.4 Å². The molecule has 0 atom stereocenters. The minimum absolute atomic E-state index is 0.104. The molecule has 1 aliphatic carbocycles. The molecule has 4 rings (SSSR count). The quantitative estimate of drug-likeness (QED) is 0.607. The third-order valence-corrected chi connectivity index (χ3v) is 5.33. The van der Waals surface area contributed by atoms with Crippen LogP contribution in [0, 0.1) is 0 Å². The summed E-state index contributed by atoms with van der Waals surface area (Å²) in [5.74, 6) is 1.71. The van der Waals surface area contributed by atoms with E-state index in [1.54, 1.807) is 6.07 Å². The van der Waals surface area contributed by atoms with E-state index in [0.29, 0.717) is 12.6 Å². The summed E-state index contributed by atoms with van der Waals surface area (Å²) in [7, 11) is 0. The topological polar surface area (TPSA) is 106 Å². The number of hydrogen-bond donors (Lipinski definition) is 2. The molecule has 2 N–H and O–H groups in total. The Balaban J connectivity index is 1.25. The number of aromatic amines is 1. The molecule has 2 aromatic heterocycles. The normalized spacial score (nSPS) is 19.8. The van der Waals surface area contributed by atoms with E-state index in [2.05, 4.69) is 20.5 Å². The van der Waals surface area contributed by atoms with Crippen LogP contribution < -0.4 is 10.3 Å². The van der Waals surface area contributed by atoms with Crippen molar-refractivity contribution in [3.63, 3.8) is 0 Å². The number of fused-ring (bicyclic) bond motifs is 1. The number of aromatic nitrogens is 5. The summed E-state index contributed by atoms with van der Waals surface area (Å²) in [5.41, 5.74) is 0.704. The lowest BCUT2D eigenvalue weighted by Gasteiger charge is -2.25. The van der Waals surface area contributed by atoms with E-state index in [9.17, 15) is 9.90 Å². The second-order valence-electron chi connectivity index (χ2n) is 7.38. The summed E-state index contributed by atoms with van der Waals surface area (Å²) in [5, 5.41) is 22.8. The van der Waals surface area contributed by atoms with Gasteiger partial charge in [0.2, 0.25) is 5.56 Å². The Hall–Kier alpha value is -2.74. The summed E-state index contributed by atoms with van der Waals surface area (Å²) in [4.78, 5) is 14.1. The molecule has 0 amide bonds. The molecule has 1 aromatic carbocycles. The minimum atomic E-state index is -0.177. The number of rotatable bonds is 7. The van der Waals surface area contributed by atoms with Gasteiger partial charge in [0.25, 0.3) is 0 Å². The van der Waals surface area contributed by atoms with Crippen LogP contribution in [0.2, 0.25) is 0 Å². The molecule has 1 saturated carbocycles. The Morgan fingerprint density at radius 1 is 1.14 bits per heavy atom. The van der Waals surface area contributed by atoms with Crippen LogP contribution in [0.3, 0.4) is 0 Å². The number of nitrogens with zero attached hydrogens (tertiary/aromatic N) is 4. The first-order valence-corrected chi connectivity index (χ1v) is 9.90. The number of benzene rings is 1. The lowest BCUT2D eigenvalue weighted by molar-refractivity contribution is 0.106. The van der Waals surface area contributed by atoms with Crippen LogP contribution in [0.5, 0.6) is 5.75 Å². The summed E-state index contributed by atoms with van der Waals surface area (Å²) in [6.07, 6.45) is 5.97. The maximum Gasteiger partial charge on any atom is 0.248 e. The number of ether oxygens (including phenoxy) is 1. The highest BCUT2D eigenvalue weighted by atomic mass is 16.5. The number of aliphatic hydroxyl groups excluding tert-OH is 1. The largest absolute Gasteiger partial charge is 0.494 e.